The van der Waals surface area contributed by atoms with Crippen LogP contribution in [0.1, 0.15) is 5.56 Å². The van der Waals surface area contributed by atoms with Gasteiger partial charge in [0.05, 0.1) is 26.9 Å². The molecule has 1 aromatic heterocycles. The zero-order chi connectivity index (χ0) is 15.0. The number of benzene rings is 2. The van der Waals surface area contributed by atoms with Crippen LogP contribution in [0.5, 0.6) is 0 Å². The number of hydrogen-bond acceptors (Lipinski definition) is 3. The highest BCUT2D eigenvalue weighted by Crippen LogP contribution is 2.38. The molecule has 0 radical (unpaired) electrons. The first kappa shape index (κ1) is 14.1. The van der Waals surface area contributed by atoms with E-state index in [0.717, 1.165) is 22.2 Å². The molecule has 3 rings (SSSR count). The molecule has 106 valence electrons. The number of aromatic nitrogens is 1. The van der Waals surface area contributed by atoms with Gasteiger partial charge in [-0.2, -0.15) is 0 Å². The van der Waals surface area contributed by atoms with E-state index in [1.807, 2.05) is 49.4 Å². The van der Waals surface area contributed by atoms with Crippen molar-refractivity contribution in [3.05, 3.63) is 58.1 Å². The number of rotatable bonds is 2. The third-order valence-electron chi connectivity index (χ3n) is 3.38. The largest absolute Gasteiger partial charge is 0.323 e. The minimum atomic E-state index is 0.557. The second-order valence-electron chi connectivity index (χ2n) is 4.78. The van der Waals surface area contributed by atoms with Crippen molar-refractivity contribution in [1.82, 2.24) is 4.98 Å². The van der Waals surface area contributed by atoms with Crippen LogP contribution >= 0.6 is 23.2 Å². The van der Waals surface area contributed by atoms with Crippen LogP contribution in [0, 0.1) is 6.92 Å². The van der Waals surface area contributed by atoms with Crippen LogP contribution in [0.4, 0.5) is 5.69 Å². The number of nitrogens with two attached hydrogens (primary N) is 1. The molecule has 1 heterocycles. The molecule has 0 amide bonds. The van der Waals surface area contributed by atoms with Crippen LogP contribution in [-0.4, -0.2) is 4.98 Å². The van der Waals surface area contributed by atoms with Crippen LogP contribution in [-0.2, 0) is 0 Å². The SMILES string of the molecule is Cc1cc(Cl)c2nc(-c3ccccc3)cc(NN)c2c1Cl. The fourth-order valence-corrected chi connectivity index (χ4v) is 2.88. The average molecular weight is 318 g/mol. The van der Waals surface area contributed by atoms with Crippen molar-refractivity contribution in [3.8, 4) is 11.3 Å². The Balaban J connectivity index is 2.38. The fraction of sp³-hybridized carbons (Fsp3) is 0.0625. The van der Waals surface area contributed by atoms with Gasteiger partial charge in [0.25, 0.3) is 0 Å². The molecule has 0 fully saturated rings. The Labute approximate surface area is 132 Å². The zero-order valence-electron chi connectivity index (χ0n) is 11.3. The summed E-state index contributed by atoms with van der Waals surface area (Å²) in [5.74, 6) is 5.65. The zero-order valence-corrected chi connectivity index (χ0v) is 12.8. The van der Waals surface area contributed by atoms with E-state index < -0.39 is 0 Å². The van der Waals surface area contributed by atoms with E-state index in [2.05, 4.69) is 10.4 Å². The number of halogens is 2. The van der Waals surface area contributed by atoms with Gasteiger partial charge in [0.15, 0.2) is 0 Å². The highest BCUT2D eigenvalue weighted by molar-refractivity contribution is 6.41. The quantitative estimate of drug-likeness (QED) is 0.527. The summed E-state index contributed by atoms with van der Waals surface area (Å²) in [5, 5.41) is 1.90. The van der Waals surface area contributed by atoms with Gasteiger partial charge in [0, 0.05) is 10.9 Å². The molecule has 3 N–H and O–H groups in total. The number of hydrogen-bond donors (Lipinski definition) is 2. The lowest BCUT2D eigenvalue weighted by Gasteiger charge is -2.13. The molecule has 3 aromatic rings. The Morgan fingerprint density at radius 3 is 2.48 bits per heavy atom. The van der Waals surface area contributed by atoms with Crippen LogP contribution in [0.2, 0.25) is 10.0 Å². The average Bonchev–Trinajstić information content (AvgIpc) is 2.52. The van der Waals surface area contributed by atoms with E-state index in [1.165, 1.54) is 0 Å². The Morgan fingerprint density at radius 1 is 1.10 bits per heavy atom. The number of anilines is 1. The Kier molecular flexibility index (Phi) is 3.72. The van der Waals surface area contributed by atoms with E-state index in [-0.39, 0.29) is 0 Å². The number of hydrazine groups is 1. The lowest BCUT2D eigenvalue weighted by atomic mass is 10.1. The van der Waals surface area contributed by atoms with Crippen LogP contribution < -0.4 is 11.3 Å². The normalized spacial score (nSPS) is 10.9. The predicted octanol–water partition coefficient (Wildman–Crippen LogP) is 4.80. The maximum atomic E-state index is 6.39. The molecule has 2 aromatic carbocycles. The molecule has 0 saturated carbocycles. The van der Waals surface area contributed by atoms with E-state index in [0.29, 0.717) is 21.2 Å². The van der Waals surface area contributed by atoms with Gasteiger partial charge in [0.1, 0.15) is 0 Å². The number of nitrogen functional groups attached to an aromatic ring is 1. The van der Waals surface area contributed by atoms with Crippen molar-refractivity contribution < 1.29 is 0 Å². The van der Waals surface area contributed by atoms with Crippen LogP contribution in [0.25, 0.3) is 22.2 Å². The van der Waals surface area contributed by atoms with Gasteiger partial charge < -0.3 is 5.43 Å². The molecule has 21 heavy (non-hydrogen) atoms. The molecular formula is C16H13Cl2N3. The topological polar surface area (TPSA) is 50.9 Å². The summed E-state index contributed by atoms with van der Waals surface area (Å²) in [6.07, 6.45) is 0. The minimum absolute atomic E-state index is 0.557. The van der Waals surface area contributed by atoms with E-state index in [9.17, 15) is 0 Å². The van der Waals surface area contributed by atoms with Crippen molar-refractivity contribution >= 4 is 39.8 Å². The third-order valence-corrected chi connectivity index (χ3v) is 4.15. The second kappa shape index (κ2) is 5.53. The third kappa shape index (κ3) is 2.44. The van der Waals surface area contributed by atoms with Crippen LogP contribution in [0.15, 0.2) is 42.5 Å². The summed E-state index contributed by atoms with van der Waals surface area (Å²) in [4.78, 5) is 4.64. The van der Waals surface area contributed by atoms with Gasteiger partial charge in [-0.3, -0.25) is 5.84 Å². The van der Waals surface area contributed by atoms with Gasteiger partial charge in [-0.25, -0.2) is 4.98 Å². The predicted molar refractivity (Wildman–Crippen MR) is 89.7 cm³/mol. The lowest BCUT2D eigenvalue weighted by molar-refractivity contribution is 1.33. The number of fused-ring (bicyclic) bond motifs is 1. The smallest absolute Gasteiger partial charge is 0.0932 e. The first-order valence-electron chi connectivity index (χ1n) is 6.43. The highest BCUT2D eigenvalue weighted by Gasteiger charge is 2.14. The first-order valence-corrected chi connectivity index (χ1v) is 7.19. The summed E-state index contributed by atoms with van der Waals surface area (Å²) >= 11 is 12.7. The molecule has 0 bridgehead atoms. The van der Waals surface area contributed by atoms with Gasteiger partial charge in [-0.05, 0) is 24.6 Å². The van der Waals surface area contributed by atoms with E-state index in [4.69, 9.17) is 29.0 Å². The van der Waals surface area contributed by atoms with Gasteiger partial charge in [-0.1, -0.05) is 53.5 Å². The molecule has 3 nitrogen and oxygen atoms in total. The number of pyridine rings is 1. The maximum absolute atomic E-state index is 6.39. The summed E-state index contributed by atoms with van der Waals surface area (Å²) in [5.41, 5.74) is 6.70. The minimum Gasteiger partial charge on any atom is -0.323 e. The molecule has 0 aliphatic rings. The van der Waals surface area contributed by atoms with Gasteiger partial charge in [-0.15, -0.1) is 0 Å². The molecular weight excluding hydrogens is 305 g/mol. The standard InChI is InChI=1S/C16H13Cl2N3/c1-9-7-11(17)16-14(15(9)18)13(21-19)8-12(20-16)10-5-3-2-4-6-10/h2-8H,19H2,1H3,(H,20,21). The van der Waals surface area contributed by atoms with Gasteiger partial charge >= 0.3 is 0 Å². The van der Waals surface area contributed by atoms with Crippen molar-refractivity contribution in [1.29, 1.82) is 0 Å². The summed E-state index contributed by atoms with van der Waals surface area (Å²) in [6, 6.07) is 13.5. The Hall–Kier alpha value is -1.81. The number of nitrogens with one attached hydrogen (secondary N) is 1. The monoisotopic (exact) mass is 317 g/mol. The second-order valence-corrected chi connectivity index (χ2v) is 5.56. The summed E-state index contributed by atoms with van der Waals surface area (Å²) in [6.45, 7) is 1.90. The molecule has 0 aliphatic heterocycles. The molecule has 5 heteroatoms. The number of aryl methyl sites for hydroxylation is 1. The Morgan fingerprint density at radius 2 is 1.81 bits per heavy atom. The molecule has 0 saturated heterocycles. The molecule has 0 aliphatic carbocycles. The summed E-state index contributed by atoms with van der Waals surface area (Å²) in [7, 11) is 0. The maximum Gasteiger partial charge on any atom is 0.0932 e. The van der Waals surface area contributed by atoms with E-state index in [1.54, 1.807) is 0 Å². The summed E-state index contributed by atoms with van der Waals surface area (Å²) < 4.78 is 0. The lowest BCUT2D eigenvalue weighted by Crippen LogP contribution is -2.08. The van der Waals surface area contributed by atoms with Gasteiger partial charge in [0.2, 0.25) is 0 Å². The highest BCUT2D eigenvalue weighted by atomic mass is 35.5. The fourth-order valence-electron chi connectivity index (χ4n) is 2.33. The molecule has 0 atom stereocenters. The number of nitrogens with zero attached hydrogens (tertiary/aromatic N) is 1. The molecule has 0 unspecified atom stereocenters. The van der Waals surface area contributed by atoms with Crippen molar-refractivity contribution in [3.63, 3.8) is 0 Å². The van der Waals surface area contributed by atoms with Crippen LogP contribution in [0.3, 0.4) is 0 Å². The first-order chi connectivity index (χ1) is 10.1. The molecule has 0 spiro atoms. The van der Waals surface area contributed by atoms with Crippen molar-refractivity contribution in [2.24, 2.45) is 5.84 Å². The Bertz CT molecular complexity index is 817. The van der Waals surface area contributed by atoms with Crippen molar-refractivity contribution in [2.45, 2.75) is 6.92 Å². The van der Waals surface area contributed by atoms with E-state index >= 15 is 0 Å². The van der Waals surface area contributed by atoms with Crippen molar-refractivity contribution in [2.75, 3.05) is 5.43 Å².